The van der Waals surface area contributed by atoms with Crippen molar-refractivity contribution in [2.45, 2.75) is 12.8 Å². The lowest BCUT2D eigenvalue weighted by atomic mass is 9.95. The van der Waals surface area contributed by atoms with Crippen molar-refractivity contribution in [3.8, 4) is 35.4 Å². The lowest BCUT2D eigenvalue weighted by Crippen LogP contribution is -2.37. The molecule has 0 radical (unpaired) electrons. The predicted octanol–water partition coefficient (Wildman–Crippen LogP) is 4.08. The number of aromatic nitrogens is 3. The van der Waals surface area contributed by atoms with E-state index in [2.05, 4.69) is 20.9 Å². The van der Waals surface area contributed by atoms with Gasteiger partial charge < -0.3 is 29.0 Å². The van der Waals surface area contributed by atoms with Crippen LogP contribution in [0.1, 0.15) is 18.4 Å². The number of ether oxygens (including phenoxy) is 4. The third-order valence-corrected chi connectivity index (χ3v) is 7.54. The summed E-state index contributed by atoms with van der Waals surface area (Å²) >= 11 is 0. The number of anilines is 1. The van der Waals surface area contributed by atoms with Gasteiger partial charge in [0.25, 0.3) is 0 Å². The zero-order valence-corrected chi connectivity index (χ0v) is 22.5. The number of hydrogen-bond donors (Lipinski definition) is 1. The fraction of sp³-hybridized carbons (Fsp3) is 0.367. The monoisotopic (exact) mass is 562 g/mol. The molecule has 2 aromatic heterocycles. The van der Waals surface area contributed by atoms with Crippen molar-refractivity contribution < 1.29 is 32.8 Å². The van der Waals surface area contributed by atoms with Crippen molar-refractivity contribution in [2.24, 2.45) is 5.41 Å². The van der Waals surface area contributed by atoms with Crippen molar-refractivity contribution in [3.63, 3.8) is 0 Å². The molecule has 11 heteroatoms. The van der Waals surface area contributed by atoms with Crippen LogP contribution in [-0.4, -0.2) is 73.5 Å². The second-order valence-corrected chi connectivity index (χ2v) is 10.2. The van der Waals surface area contributed by atoms with Crippen LogP contribution in [-0.2, 0) is 9.47 Å². The van der Waals surface area contributed by atoms with Gasteiger partial charge in [0.2, 0.25) is 0 Å². The van der Waals surface area contributed by atoms with E-state index in [1.807, 2.05) is 4.90 Å². The predicted molar refractivity (Wildman–Crippen MR) is 148 cm³/mol. The van der Waals surface area contributed by atoms with Gasteiger partial charge in [0, 0.05) is 42.8 Å². The zero-order valence-electron chi connectivity index (χ0n) is 22.5. The largest absolute Gasteiger partial charge is 0.468 e. The number of fused-ring (bicyclic) bond motifs is 2. The Kier molecular flexibility index (Phi) is 7.30. The number of nitrogens with zero attached hydrogens (tertiary/aromatic N) is 4. The number of aliphatic hydroxyl groups is 1. The molecular formula is C30H28F2N4O5. The van der Waals surface area contributed by atoms with Gasteiger partial charge in [0.15, 0.2) is 12.6 Å². The van der Waals surface area contributed by atoms with Crippen molar-refractivity contribution in [1.29, 1.82) is 0 Å². The van der Waals surface area contributed by atoms with Gasteiger partial charge in [-0.25, -0.2) is 8.78 Å². The average molecular weight is 563 g/mol. The highest BCUT2D eigenvalue weighted by Gasteiger charge is 2.43. The van der Waals surface area contributed by atoms with Crippen LogP contribution in [0.3, 0.4) is 0 Å². The van der Waals surface area contributed by atoms with Crippen molar-refractivity contribution in [2.75, 3.05) is 58.3 Å². The van der Waals surface area contributed by atoms with E-state index in [0.29, 0.717) is 54.0 Å². The summed E-state index contributed by atoms with van der Waals surface area (Å²) in [5, 5.41) is 11.0. The molecule has 1 aliphatic carbocycles. The van der Waals surface area contributed by atoms with Crippen LogP contribution in [0, 0.1) is 29.4 Å². The van der Waals surface area contributed by atoms with E-state index in [1.165, 1.54) is 19.4 Å². The molecule has 3 heterocycles. The summed E-state index contributed by atoms with van der Waals surface area (Å²) in [4.78, 5) is 15.5. The molecule has 2 aliphatic rings. The fourth-order valence-corrected chi connectivity index (χ4v) is 4.98. The molecule has 0 unspecified atom stereocenters. The topological polar surface area (TPSA) is 99.1 Å². The number of rotatable bonds is 9. The number of terminal acetylenes is 1. The van der Waals surface area contributed by atoms with Gasteiger partial charge in [0.1, 0.15) is 28.6 Å². The van der Waals surface area contributed by atoms with Crippen molar-refractivity contribution in [3.05, 3.63) is 47.7 Å². The smallest absolute Gasteiger partial charge is 0.319 e. The highest BCUT2D eigenvalue weighted by molar-refractivity contribution is 6.03. The van der Waals surface area contributed by atoms with E-state index < -0.39 is 11.6 Å². The minimum absolute atomic E-state index is 0.00726. The molecule has 0 atom stereocenters. The number of hydrogen-bond acceptors (Lipinski definition) is 9. The third kappa shape index (κ3) is 5.10. The summed E-state index contributed by atoms with van der Waals surface area (Å²) in [7, 11) is 1.48. The lowest BCUT2D eigenvalue weighted by Gasteiger charge is -2.29. The summed E-state index contributed by atoms with van der Waals surface area (Å²) in [5.74, 6) is 1.87. The summed E-state index contributed by atoms with van der Waals surface area (Å²) in [6.45, 7) is 2.23. The van der Waals surface area contributed by atoms with Crippen LogP contribution in [0.5, 0.6) is 11.8 Å². The molecule has 6 rings (SSSR count). The Morgan fingerprint density at radius 1 is 1.15 bits per heavy atom. The molecule has 4 aromatic rings. The van der Waals surface area contributed by atoms with Crippen LogP contribution in [0.2, 0.25) is 0 Å². The van der Waals surface area contributed by atoms with Gasteiger partial charge in [-0.05, 0) is 36.4 Å². The first kappa shape index (κ1) is 27.1. The summed E-state index contributed by atoms with van der Waals surface area (Å²) in [6.07, 6.45) is 8.86. The van der Waals surface area contributed by atoms with Crippen molar-refractivity contribution in [1.82, 2.24) is 15.0 Å². The standard InChI is InChI=1S/C30H28F2N4O5/c1-3-20-23(31)5-4-18-12-19(41-17-38-2)13-21(24(18)20)26-25(32)27-22(14-33-26)28(36-8-10-39-11-9-36)35-29(34-27)40-16-30(15-37)6-7-30/h1,4-5,12-14,37H,6-11,15-17H2,2H3. The quantitative estimate of drug-likeness (QED) is 0.239. The van der Waals surface area contributed by atoms with Gasteiger partial charge in [-0.2, -0.15) is 9.97 Å². The molecule has 1 N–H and O–H groups in total. The molecule has 212 valence electrons. The summed E-state index contributed by atoms with van der Waals surface area (Å²) < 4.78 is 53.5. The maximum atomic E-state index is 16.6. The lowest BCUT2D eigenvalue weighted by molar-refractivity contribution is 0.0512. The van der Waals surface area contributed by atoms with Crippen LogP contribution in [0.15, 0.2) is 30.5 Å². The molecule has 2 fully saturated rings. The Bertz CT molecular complexity index is 1670. The Morgan fingerprint density at radius 2 is 1.95 bits per heavy atom. The molecule has 0 bridgehead atoms. The van der Waals surface area contributed by atoms with Gasteiger partial charge >= 0.3 is 6.01 Å². The van der Waals surface area contributed by atoms with Crippen LogP contribution in [0.4, 0.5) is 14.6 Å². The number of benzene rings is 2. The van der Waals surface area contributed by atoms with E-state index in [4.69, 9.17) is 25.4 Å². The molecule has 0 amide bonds. The number of halogens is 2. The Hall–Kier alpha value is -4.11. The van der Waals surface area contributed by atoms with E-state index >= 15 is 4.39 Å². The second-order valence-electron chi connectivity index (χ2n) is 10.2. The number of methoxy groups -OCH3 is 1. The van der Waals surface area contributed by atoms with E-state index in [-0.39, 0.29) is 53.8 Å². The van der Waals surface area contributed by atoms with E-state index in [0.717, 1.165) is 12.8 Å². The maximum Gasteiger partial charge on any atom is 0.319 e. The summed E-state index contributed by atoms with van der Waals surface area (Å²) in [5.41, 5.74) is -0.191. The summed E-state index contributed by atoms with van der Waals surface area (Å²) in [6, 6.07) is 6.03. The molecule has 41 heavy (non-hydrogen) atoms. The molecule has 1 saturated carbocycles. The van der Waals surface area contributed by atoms with Crippen LogP contribution >= 0.6 is 0 Å². The van der Waals surface area contributed by atoms with Gasteiger partial charge in [-0.3, -0.25) is 4.98 Å². The Balaban J connectivity index is 1.55. The van der Waals surface area contributed by atoms with E-state index in [9.17, 15) is 9.50 Å². The molecular weight excluding hydrogens is 534 g/mol. The van der Waals surface area contributed by atoms with Gasteiger partial charge in [-0.1, -0.05) is 12.0 Å². The second kappa shape index (κ2) is 11.0. The Labute approximate surface area is 235 Å². The molecule has 9 nitrogen and oxygen atoms in total. The first-order valence-corrected chi connectivity index (χ1v) is 13.2. The first-order chi connectivity index (χ1) is 20.0. The molecule has 1 saturated heterocycles. The maximum absolute atomic E-state index is 16.6. The van der Waals surface area contributed by atoms with Crippen molar-refractivity contribution >= 4 is 27.5 Å². The van der Waals surface area contributed by atoms with Crippen LogP contribution < -0.4 is 14.4 Å². The number of morpholine rings is 1. The zero-order chi connectivity index (χ0) is 28.6. The minimum Gasteiger partial charge on any atom is -0.468 e. The molecule has 1 aliphatic heterocycles. The minimum atomic E-state index is -0.745. The fourth-order valence-electron chi connectivity index (χ4n) is 4.98. The Morgan fingerprint density at radius 3 is 2.66 bits per heavy atom. The van der Waals surface area contributed by atoms with Gasteiger partial charge in [0.05, 0.1) is 37.4 Å². The van der Waals surface area contributed by atoms with Crippen LogP contribution in [0.25, 0.3) is 32.9 Å². The third-order valence-electron chi connectivity index (χ3n) is 7.54. The van der Waals surface area contributed by atoms with Gasteiger partial charge in [-0.15, -0.1) is 6.42 Å². The SMILES string of the molecule is C#Cc1c(F)ccc2cc(OCOC)cc(-c3ncc4c(N5CCOCC5)nc(OCC5(CO)CC5)nc4c3F)c12. The molecule has 2 aromatic carbocycles. The molecule has 0 spiro atoms. The average Bonchev–Trinajstić information content (AvgIpc) is 3.79. The highest BCUT2D eigenvalue weighted by atomic mass is 19.1. The highest BCUT2D eigenvalue weighted by Crippen LogP contribution is 2.45. The number of aliphatic hydroxyl groups excluding tert-OH is 1. The first-order valence-electron chi connectivity index (χ1n) is 13.2. The normalized spacial score (nSPS) is 16.1. The van der Waals surface area contributed by atoms with E-state index in [1.54, 1.807) is 18.2 Å². The number of pyridine rings is 1.